The van der Waals surface area contributed by atoms with E-state index in [0.29, 0.717) is 61.1 Å². The lowest BCUT2D eigenvalue weighted by Crippen LogP contribution is -2.45. The van der Waals surface area contributed by atoms with Crippen LogP contribution in [0, 0.1) is 0 Å². The molecule has 9 nitrogen and oxygen atoms in total. The molecule has 5 heterocycles. The molecule has 0 N–H and O–H groups in total. The molecule has 1 aromatic heterocycles. The van der Waals surface area contributed by atoms with Crippen molar-refractivity contribution in [2.75, 3.05) is 64.4 Å². The fraction of sp³-hybridized carbons (Fsp3) is 0.697. The molecule has 2 aromatic rings. The number of halogens is 5. The highest BCUT2D eigenvalue weighted by atomic mass is 32.2. The predicted molar refractivity (Wildman–Crippen MR) is 178 cm³/mol. The molecular weight excluding hydrogens is 688 g/mol. The molecule has 16 heteroatoms. The Morgan fingerprint density at radius 3 is 2.33 bits per heavy atom. The lowest BCUT2D eigenvalue weighted by atomic mass is 10.0. The Bertz CT molecular complexity index is 1600. The molecular formula is C33H45F5N6O3S2. The summed E-state index contributed by atoms with van der Waals surface area (Å²) in [5.74, 6) is -2.13. The summed E-state index contributed by atoms with van der Waals surface area (Å²) in [6.07, 6.45) is 0.808. The van der Waals surface area contributed by atoms with Gasteiger partial charge in [0.2, 0.25) is 15.9 Å². The van der Waals surface area contributed by atoms with Crippen molar-refractivity contribution in [2.45, 2.75) is 87.5 Å². The van der Waals surface area contributed by atoms with Crippen LogP contribution < -0.4 is 0 Å². The van der Waals surface area contributed by atoms with Crippen LogP contribution in [0.5, 0.6) is 0 Å². The quantitative estimate of drug-likeness (QED) is 0.233. The van der Waals surface area contributed by atoms with Crippen molar-refractivity contribution in [2.24, 2.45) is 0 Å². The molecule has 4 aliphatic heterocycles. The van der Waals surface area contributed by atoms with Crippen molar-refractivity contribution >= 4 is 27.7 Å². The fourth-order valence-corrected chi connectivity index (χ4v) is 9.44. The Labute approximate surface area is 289 Å². The monoisotopic (exact) mass is 732 g/mol. The zero-order valence-electron chi connectivity index (χ0n) is 27.9. The molecule has 6 rings (SSSR count). The number of alkyl halides is 5. The van der Waals surface area contributed by atoms with Crippen LogP contribution in [-0.4, -0.2) is 119 Å². The number of likely N-dealkylation sites (tertiary alicyclic amines) is 3. The molecule has 0 unspecified atom stereocenters. The summed E-state index contributed by atoms with van der Waals surface area (Å²) in [7, 11) is -3.51. The van der Waals surface area contributed by atoms with Crippen molar-refractivity contribution in [1.82, 2.24) is 28.8 Å². The first-order chi connectivity index (χ1) is 23.2. The van der Waals surface area contributed by atoms with E-state index in [4.69, 9.17) is 5.10 Å². The first-order valence-corrected chi connectivity index (χ1v) is 20.0. The van der Waals surface area contributed by atoms with Gasteiger partial charge in [-0.2, -0.15) is 22.6 Å². The zero-order chi connectivity index (χ0) is 35.0. The summed E-state index contributed by atoms with van der Waals surface area (Å²) in [6.45, 7) is 5.31. The molecule has 3 fully saturated rings. The first kappa shape index (κ1) is 36.5. The van der Waals surface area contributed by atoms with Crippen LogP contribution in [0.2, 0.25) is 0 Å². The molecule has 1 aromatic carbocycles. The summed E-state index contributed by atoms with van der Waals surface area (Å²) in [4.78, 5) is 18.5. The van der Waals surface area contributed by atoms with Crippen LogP contribution in [0.25, 0.3) is 11.3 Å². The predicted octanol–water partition coefficient (Wildman–Crippen LogP) is 5.19. The van der Waals surface area contributed by atoms with E-state index in [0.717, 1.165) is 81.6 Å². The lowest BCUT2D eigenvalue weighted by molar-refractivity contribution is -0.139. The normalized spacial score (nSPS) is 21.8. The second-order valence-electron chi connectivity index (χ2n) is 13.7. The number of aromatic nitrogens is 2. The number of aryl methyl sites for hydroxylation is 1. The highest BCUT2D eigenvalue weighted by molar-refractivity contribution is 7.99. The van der Waals surface area contributed by atoms with Gasteiger partial charge in [-0.3, -0.25) is 9.48 Å². The Morgan fingerprint density at radius 1 is 0.959 bits per heavy atom. The van der Waals surface area contributed by atoms with Crippen molar-refractivity contribution in [3.05, 3.63) is 35.0 Å². The Hall–Kier alpha value is -2.27. The van der Waals surface area contributed by atoms with Crippen LogP contribution in [0.4, 0.5) is 22.0 Å². The SMILES string of the molecule is CS(=O)(=O)N1CCc2c(c(-c3ccc(C(F)(F)F)c(SCCN4CCC(F)(F)CC4)c3)nn2CCCN2CCC(N3CCCC3=O)CC2)C1. The van der Waals surface area contributed by atoms with Gasteiger partial charge in [0.05, 0.1) is 17.5 Å². The van der Waals surface area contributed by atoms with Crippen molar-refractivity contribution < 1.29 is 35.2 Å². The third kappa shape index (κ3) is 8.79. The van der Waals surface area contributed by atoms with Gasteiger partial charge in [-0.1, -0.05) is 6.07 Å². The molecule has 0 radical (unpaired) electrons. The van der Waals surface area contributed by atoms with Crippen LogP contribution in [0.3, 0.4) is 0 Å². The number of piperidine rings is 2. The molecule has 272 valence electrons. The number of amides is 1. The molecule has 0 aliphatic carbocycles. The average Bonchev–Trinajstić information content (AvgIpc) is 3.64. The number of sulfonamides is 1. The zero-order valence-corrected chi connectivity index (χ0v) is 29.5. The molecule has 0 spiro atoms. The molecule has 3 saturated heterocycles. The van der Waals surface area contributed by atoms with Gasteiger partial charge in [0, 0.05) is 118 Å². The summed E-state index contributed by atoms with van der Waals surface area (Å²) in [5, 5.41) is 4.90. The molecule has 0 atom stereocenters. The smallest absolute Gasteiger partial charge is 0.340 e. The third-order valence-electron chi connectivity index (χ3n) is 10.3. The van der Waals surface area contributed by atoms with Crippen LogP contribution in [0.15, 0.2) is 23.1 Å². The Morgan fingerprint density at radius 2 is 1.67 bits per heavy atom. The number of rotatable bonds is 11. The van der Waals surface area contributed by atoms with Gasteiger partial charge in [0.1, 0.15) is 0 Å². The van der Waals surface area contributed by atoms with E-state index in [9.17, 15) is 35.2 Å². The maximum atomic E-state index is 14.1. The van der Waals surface area contributed by atoms with E-state index in [1.165, 1.54) is 16.4 Å². The van der Waals surface area contributed by atoms with E-state index in [1.807, 2.05) is 14.5 Å². The molecule has 1 amide bonds. The fourth-order valence-electron chi connectivity index (χ4n) is 7.53. The maximum Gasteiger partial charge on any atom is 0.417 e. The number of benzene rings is 1. The van der Waals surface area contributed by atoms with Gasteiger partial charge in [0.15, 0.2) is 0 Å². The van der Waals surface area contributed by atoms with E-state index in [-0.39, 0.29) is 43.3 Å². The summed E-state index contributed by atoms with van der Waals surface area (Å²) in [6, 6.07) is 4.26. The van der Waals surface area contributed by atoms with E-state index < -0.39 is 27.7 Å². The summed E-state index contributed by atoms with van der Waals surface area (Å²) >= 11 is 1.05. The number of carbonyl (C=O) groups excluding carboxylic acids is 1. The van der Waals surface area contributed by atoms with E-state index in [1.54, 1.807) is 0 Å². The minimum atomic E-state index is -4.58. The highest BCUT2D eigenvalue weighted by Gasteiger charge is 2.36. The average molecular weight is 733 g/mol. The van der Waals surface area contributed by atoms with Gasteiger partial charge in [0.25, 0.3) is 5.92 Å². The molecule has 49 heavy (non-hydrogen) atoms. The second-order valence-corrected chi connectivity index (χ2v) is 16.8. The van der Waals surface area contributed by atoms with Crippen LogP contribution >= 0.6 is 11.8 Å². The van der Waals surface area contributed by atoms with Crippen LogP contribution in [-0.2, 0) is 40.5 Å². The number of carbonyl (C=O) groups is 1. The molecule has 0 saturated carbocycles. The number of nitrogens with zero attached hydrogens (tertiary/aromatic N) is 6. The number of hydrogen-bond acceptors (Lipinski definition) is 7. The second kappa shape index (κ2) is 14.8. The largest absolute Gasteiger partial charge is 0.417 e. The molecule has 4 aliphatic rings. The Balaban J connectivity index is 1.17. The topological polar surface area (TPSA) is 82.0 Å². The minimum Gasteiger partial charge on any atom is -0.340 e. The van der Waals surface area contributed by atoms with E-state index in [2.05, 4.69) is 4.90 Å². The maximum absolute atomic E-state index is 14.1. The Kier molecular flexibility index (Phi) is 11.0. The number of hydrogen-bond donors (Lipinski definition) is 0. The number of thioether (sulfide) groups is 1. The van der Waals surface area contributed by atoms with Gasteiger partial charge in [-0.25, -0.2) is 17.2 Å². The standard InChI is InChI=1S/C33H45F5N6O3S2/c1-49(46,47)42-17-9-28-26(23-42)31(39-44(28)14-3-12-40-15-7-25(8-16-40)43-13-2-4-30(43)45)24-5-6-27(33(36,37)38)29(22-24)48-21-20-41-18-10-32(34,35)11-19-41/h5-6,22,25H,2-4,7-21,23H2,1H3. The van der Waals surface area contributed by atoms with Crippen molar-refractivity contribution in [1.29, 1.82) is 0 Å². The van der Waals surface area contributed by atoms with Gasteiger partial charge in [-0.05, 0) is 44.4 Å². The van der Waals surface area contributed by atoms with Crippen molar-refractivity contribution in [3.63, 3.8) is 0 Å². The van der Waals surface area contributed by atoms with Gasteiger partial charge in [-0.15, -0.1) is 11.8 Å². The number of fused-ring (bicyclic) bond motifs is 1. The van der Waals surface area contributed by atoms with E-state index >= 15 is 0 Å². The first-order valence-electron chi connectivity index (χ1n) is 17.2. The summed E-state index contributed by atoms with van der Waals surface area (Å²) in [5.41, 5.74) is 1.80. The summed E-state index contributed by atoms with van der Waals surface area (Å²) < 4.78 is 97.8. The molecule has 0 bridgehead atoms. The van der Waals surface area contributed by atoms with Crippen molar-refractivity contribution in [3.8, 4) is 11.3 Å². The lowest BCUT2D eigenvalue weighted by Gasteiger charge is -2.36. The third-order valence-corrected chi connectivity index (χ3v) is 12.6. The van der Waals surface area contributed by atoms with Crippen LogP contribution in [0.1, 0.15) is 61.8 Å². The van der Waals surface area contributed by atoms with Gasteiger partial charge >= 0.3 is 6.18 Å². The highest BCUT2D eigenvalue weighted by Crippen LogP contribution is 2.40. The minimum absolute atomic E-state index is 0.0328. The van der Waals surface area contributed by atoms with Gasteiger partial charge < -0.3 is 14.7 Å².